The Bertz CT molecular complexity index is 1220. The molecule has 0 unspecified atom stereocenters. The SMILES string of the molecule is CNCCCC[C@@H]1NC(=O)[C@@H](Cc2ccc(O)cc2)NC(=O)[C@H](CC(=O)O)NC(=O)CNC(=O)[C@H](CCCN=C(N)N)NC1=O. The first-order valence-corrected chi connectivity index (χ1v) is 14.6. The Morgan fingerprint density at radius 2 is 1.42 bits per heavy atom. The van der Waals surface area contributed by atoms with Gasteiger partial charge in [0.2, 0.25) is 29.5 Å². The van der Waals surface area contributed by atoms with Crippen LogP contribution in [0.3, 0.4) is 0 Å². The van der Waals surface area contributed by atoms with Crippen LogP contribution in [0.15, 0.2) is 29.3 Å². The quantitative estimate of drug-likeness (QED) is 0.0591. The highest BCUT2D eigenvalue weighted by Crippen LogP contribution is 2.13. The Morgan fingerprint density at radius 1 is 0.844 bits per heavy atom. The summed E-state index contributed by atoms with van der Waals surface area (Å²) in [7, 11) is 1.78. The van der Waals surface area contributed by atoms with Gasteiger partial charge in [-0.2, -0.15) is 0 Å². The number of rotatable bonds is 13. The molecule has 1 fully saturated rings. The van der Waals surface area contributed by atoms with Crippen LogP contribution in [0.4, 0.5) is 0 Å². The number of amides is 5. The molecule has 0 bridgehead atoms. The number of aromatic hydroxyl groups is 1. The summed E-state index contributed by atoms with van der Waals surface area (Å²) in [5.74, 6) is -5.52. The molecule has 17 nitrogen and oxygen atoms in total. The summed E-state index contributed by atoms with van der Waals surface area (Å²) < 4.78 is 0. The lowest BCUT2D eigenvalue weighted by Crippen LogP contribution is -2.58. The van der Waals surface area contributed by atoms with E-state index in [0.29, 0.717) is 24.9 Å². The van der Waals surface area contributed by atoms with Gasteiger partial charge >= 0.3 is 5.97 Å². The lowest BCUT2D eigenvalue weighted by atomic mass is 10.0. The molecule has 1 aromatic carbocycles. The molecule has 248 valence electrons. The highest BCUT2D eigenvalue weighted by Gasteiger charge is 2.33. The first-order chi connectivity index (χ1) is 21.4. The monoisotopic (exact) mass is 633 g/mol. The van der Waals surface area contributed by atoms with E-state index < -0.39 is 72.6 Å². The van der Waals surface area contributed by atoms with Crippen molar-refractivity contribution in [2.45, 2.75) is 69.1 Å². The van der Waals surface area contributed by atoms with E-state index in [4.69, 9.17) is 11.5 Å². The van der Waals surface area contributed by atoms with Gasteiger partial charge in [-0.3, -0.25) is 33.8 Å². The molecule has 12 N–H and O–H groups in total. The predicted octanol–water partition coefficient (Wildman–Crippen LogP) is -3.08. The summed E-state index contributed by atoms with van der Waals surface area (Å²) in [6.07, 6.45) is 0.874. The van der Waals surface area contributed by atoms with Gasteiger partial charge in [0.1, 0.15) is 29.9 Å². The Labute approximate surface area is 260 Å². The van der Waals surface area contributed by atoms with Crippen molar-refractivity contribution in [2.75, 3.05) is 26.7 Å². The van der Waals surface area contributed by atoms with E-state index in [1.54, 1.807) is 7.05 Å². The van der Waals surface area contributed by atoms with Crippen molar-refractivity contribution in [1.29, 1.82) is 0 Å². The van der Waals surface area contributed by atoms with Crippen LogP contribution < -0.4 is 43.4 Å². The second kappa shape index (κ2) is 18.7. The minimum atomic E-state index is -1.58. The number of nitrogens with one attached hydrogen (secondary N) is 6. The zero-order valence-electron chi connectivity index (χ0n) is 25.1. The van der Waals surface area contributed by atoms with E-state index in [9.17, 15) is 39.0 Å². The van der Waals surface area contributed by atoms with Crippen molar-refractivity contribution in [1.82, 2.24) is 31.9 Å². The number of nitrogens with zero attached hydrogens (tertiary/aromatic N) is 1. The summed E-state index contributed by atoms with van der Waals surface area (Å²) in [5.41, 5.74) is 11.3. The van der Waals surface area contributed by atoms with E-state index in [1.807, 2.05) is 0 Å². The average molecular weight is 634 g/mol. The molecule has 4 atom stereocenters. The molecule has 1 aliphatic rings. The van der Waals surface area contributed by atoms with Crippen LogP contribution >= 0.6 is 0 Å². The number of aliphatic carboxylic acids is 1. The molecule has 5 amide bonds. The number of hydrogen-bond acceptors (Lipinski definition) is 9. The highest BCUT2D eigenvalue weighted by atomic mass is 16.4. The molecule has 1 heterocycles. The smallest absolute Gasteiger partial charge is 0.305 e. The fourth-order valence-electron chi connectivity index (χ4n) is 4.51. The van der Waals surface area contributed by atoms with Gasteiger partial charge in [-0.25, -0.2) is 0 Å². The van der Waals surface area contributed by atoms with Gasteiger partial charge in [0.25, 0.3) is 0 Å². The summed E-state index contributed by atoms with van der Waals surface area (Å²) >= 11 is 0. The number of aliphatic imine (C=N–C) groups is 1. The van der Waals surface area contributed by atoms with Crippen molar-refractivity contribution in [3.05, 3.63) is 29.8 Å². The summed E-state index contributed by atoms with van der Waals surface area (Å²) in [6.45, 7) is 0.198. The van der Waals surface area contributed by atoms with Gasteiger partial charge in [0, 0.05) is 13.0 Å². The van der Waals surface area contributed by atoms with Gasteiger partial charge in [0.15, 0.2) is 5.96 Å². The minimum Gasteiger partial charge on any atom is -0.508 e. The topological polar surface area (TPSA) is 279 Å². The number of phenols is 1. The molecular formula is C28H43N9O8. The molecule has 1 aliphatic heterocycles. The number of benzene rings is 1. The fourth-order valence-corrected chi connectivity index (χ4v) is 4.51. The molecule has 0 aliphatic carbocycles. The summed E-state index contributed by atoms with van der Waals surface area (Å²) in [5, 5.41) is 34.5. The molecule has 45 heavy (non-hydrogen) atoms. The number of carboxylic acid groups (broad SMARTS) is 1. The molecule has 1 saturated heterocycles. The van der Waals surface area contributed by atoms with Crippen molar-refractivity contribution >= 4 is 41.5 Å². The van der Waals surface area contributed by atoms with Crippen molar-refractivity contribution in [2.24, 2.45) is 16.5 Å². The maximum atomic E-state index is 13.6. The van der Waals surface area contributed by atoms with E-state index in [-0.39, 0.29) is 43.9 Å². The Balaban J connectivity index is 2.46. The molecular weight excluding hydrogens is 590 g/mol. The number of nitrogens with two attached hydrogens (primary N) is 2. The molecule has 1 aromatic rings. The Hall–Kier alpha value is -4.93. The zero-order valence-corrected chi connectivity index (χ0v) is 25.1. The van der Waals surface area contributed by atoms with Crippen molar-refractivity contribution in [3.8, 4) is 5.75 Å². The number of phenolic OH excluding ortho intramolecular Hbond substituents is 1. The van der Waals surface area contributed by atoms with Crippen LogP contribution in [0.1, 0.15) is 44.1 Å². The van der Waals surface area contributed by atoms with Gasteiger partial charge in [0.05, 0.1) is 13.0 Å². The van der Waals surface area contributed by atoms with Gasteiger partial charge in [-0.15, -0.1) is 0 Å². The molecule has 17 heteroatoms. The van der Waals surface area contributed by atoms with Crippen molar-refractivity contribution in [3.63, 3.8) is 0 Å². The number of hydrogen-bond donors (Lipinski definition) is 10. The molecule has 0 saturated carbocycles. The fraction of sp³-hybridized carbons (Fsp3) is 0.536. The Morgan fingerprint density at radius 3 is 2.04 bits per heavy atom. The van der Waals surface area contributed by atoms with Crippen LogP contribution in [-0.4, -0.2) is 103 Å². The van der Waals surface area contributed by atoms with Crippen LogP contribution in [0.2, 0.25) is 0 Å². The average Bonchev–Trinajstić information content (AvgIpc) is 2.98. The van der Waals surface area contributed by atoms with Crippen LogP contribution in [0.25, 0.3) is 0 Å². The van der Waals surface area contributed by atoms with Crippen molar-refractivity contribution < 1.29 is 39.0 Å². The molecule has 0 radical (unpaired) electrons. The normalized spacial score (nSPS) is 21.6. The maximum Gasteiger partial charge on any atom is 0.305 e. The van der Waals surface area contributed by atoms with Crippen LogP contribution in [0.5, 0.6) is 5.75 Å². The number of carboxylic acids is 1. The number of guanidine groups is 1. The third-order valence-corrected chi connectivity index (χ3v) is 6.84. The minimum absolute atomic E-state index is 0.0205. The summed E-state index contributed by atoms with van der Waals surface area (Å²) in [4.78, 5) is 81.5. The number of unbranched alkanes of at least 4 members (excludes halogenated alkanes) is 1. The maximum absolute atomic E-state index is 13.6. The zero-order chi connectivity index (χ0) is 33.4. The number of carbonyl (C=O) groups is 6. The largest absolute Gasteiger partial charge is 0.508 e. The predicted molar refractivity (Wildman–Crippen MR) is 162 cm³/mol. The lowest BCUT2D eigenvalue weighted by molar-refractivity contribution is -0.141. The third-order valence-electron chi connectivity index (χ3n) is 6.84. The van der Waals surface area contributed by atoms with Crippen LogP contribution in [0, 0.1) is 0 Å². The highest BCUT2D eigenvalue weighted by molar-refractivity contribution is 5.98. The second-order valence-electron chi connectivity index (χ2n) is 10.5. The van der Waals surface area contributed by atoms with E-state index in [2.05, 4.69) is 36.9 Å². The molecule has 2 rings (SSSR count). The van der Waals surface area contributed by atoms with Crippen LogP contribution in [-0.2, 0) is 35.2 Å². The second-order valence-corrected chi connectivity index (χ2v) is 10.5. The first kappa shape index (κ1) is 36.3. The Kier molecular flexibility index (Phi) is 15.0. The molecule has 0 spiro atoms. The van der Waals surface area contributed by atoms with E-state index in [1.165, 1.54) is 24.3 Å². The summed E-state index contributed by atoms with van der Waals surface area (Å²) in [6, 6.07) is 0.724. The number of carbonyl (C=O) groups excluding carboxylic acids is 5. The standard InChI is InChI=1S/C28H43N9O8/c1-31-11-3-2-5-19-25(43)35-18(6-4-12-32-28(29)30)24(42)33-15-22(39)34-21(14-23(40)41)27(45)37-20(26(44)36-19)13-16-7-9-17(38)10-8-16/h7-10,18-21,31,38H,2-6,11-15H2,1H3,(H,33,42)(H,34,39)(H,35,43)(H,36,44)(H,37,45)(H,40,41)(H4,29,30,32)/t18-,19-,20+,21-/m0/s1. The third kappa shape index (κ3) is 13.5. The first-order valence-electron chi connectivity index (χ1n) is 14.6. The molecule has 0 aromatic heterocycles. The van der Waals surface area contributed by atoms with Gasteiger partial charge in [-0.1, -0.05) is 12.1 Å². The van der Waals surface area contributed by atoms with E-state index in [0.717, 1.165) is 0 Å². The van der Waals surface area contributed by atoms with Gasteiger partial charge in [-0.05, 0) is 63.4 Å². The lowest BCUT2D eigenvalue weighted by Gasteiger charge is -2.26. The van der Waals surface area contributed by atoms with Gasteiger partial charge < -0.3 is 53.6 Å². The van der Waals surface area contributed by atoms with E-state index >= 15 is 0 Å².